The maximum Gasteiger partial charge on any atom is 0.472 e. The quantitative estimate of drug-likeness (QED) is 0.0211. The minimum atomic E-state index is -4.41. The first-order valence-corrected chi connectivity index (χ1v) is 38.7. The van der Waals surface area contributed by atoms with Crippen LogP contribution in [0.15, 0.2) is 194 Å². The van der Waals surface area contributed by atoms with Crippen molar-refractivity contribution >= 4 is 19.8 Å². The highest BCUT2D eigenvalue weighted by molar-refractivity contribution is 7.47. The summed E-state index contributed by atoms with van der Waals surface area (Å²) in [6.07, 6.45) is 112. The highest BCUT2D eigenvalue weighted by Crippen LogP contribution is 2.43. The van der Waals surface area contributed by atoms with Gasteiger partial charge in [0, 0.05) is 12.8 Å². The van der Waals surface area contributed by atoms with E-state index in [0.29, 0.717) is 17.4 Å². The number of hydrogen-bond donors (Lipinski definition) is 1. The Labute approximate surface area is 577 Å². The van der Waals surface area contributed by atoms with E-state index in [1.807, 2.05) is 21.1 Å². The second-order valence-electron chi connectivity index (χ2n) is 25.2. The Morgan fingerprint density at radius 3 is 0.851 bits per heavy atom. The summed E-state index contributed by atoms with van der Waals surface area (Å²) in [5.41, 5.74) is 0. The number of nitrogens with zero attached hydrogens (tertiary/aromatic N) is 1. The standard InChI is InChI=1S/C84H136NO8P/c1-6-8-10-12-14-16-18-20-22-24-26-28-30-32-34-36-38-40-42-44-46-48-50-52-54-56-58-60-62-64-66-68-70-72-74-76-83(86)90-80-82(81-92-94(88,89)91-79-78-85(3,4)5)93-84(87)77-75-73-71-69-67-65-63-61-59-57-55-53-51-49-47-45-43-41-39-37-35-33-31-29-27-25-23-21-19-17-15-13-11-9-7-2/h8-11,14-17,20-23,26-29,32-35,38-41,44-47,50-53,82H,6-7,12-13,18-19,24-25,30-31,36-37,42-43,48-49,54-81H2,1-5H3/p+1/b10-8-,11-9-,16-14-,17-15-,22-20-,23-21-,28-26-,29-27-,34-32-,35-33-,40-38-,41-39-,46-44-,47-45-,52-50-,53-51-. The van der Waals surface area contributed by atoms with E-state index in [2.05, 4.69) is 208 Å². The van der Waals surface area contributed by atoms with Gasteiger partial charge in [0.25, 0.3) is 0 Å². The van der Waals surface area contributed by atoms with E-state index < -0.39 is 26.5 Å². The molecule has 10 heteroatoms. The van der Waals surface area contributed by atoms with Gasteiger partial charge in [0.2, 0.25) is 0 Å². The number of likely N-dealkylation sites (N-methyl/N-ethyl adjacent to an activating group) is 1. The predicted octanol–water partition coefficient (Wildman–Crippen LogP) is 24.8. The van der Waals surface area contributed by atoms with Crippen LogP contribution in [0.2, 0.25) is 0 Å². The van der Waals surface area contributed by atoms with Gasteiger partial charge in [0.05, 0.1) is 27.7 Å². The molecule has 0 aromatic rings. The van der Waals surface area contributed by atoms with E-state index in [9.17, 15) is 19.0 Å². The number of phosphoric acid groups is 1. The molecule has 0 aromatic heterocycles. The largest absolute Gasteiger partial charge is 0.472 e. The minimum absolute atomic E-state index is 0.0204. The Morgan fingerprint density at radius 2 is 0.574 bits per heavy atom. The first kappa shape index (κ1) is 88.8. The van der Waals surface area contributed by atoms with Crippen LogP contribution < -0.4 is 0 Å². The van der Waals surface area contributed by atoms with Crippen LogP contribution in [0.4, 0.5) is 0 Å². The van der Waals surface area contributed by atoms with Crippen molar-refractivity contribution in [2.24, 2.45) is 0 Å². The molecule has 0 aliphatic rings. The van der Waals surface area contributed by atoms with Gasteiger partial charge < -0.3 is 18.9 Å². The topological polar surface area (TPSA) is 108 Å². The maximum absolute atomic E-state index is 12.9. The molecule has 0 amide bonds. The highest BCUT2D eigenvalue weighted by atomic mass is 31.2. The van der Waals surface area contributed by atoms with Crippen molar-refractivity contribution < 1.29 is 42.1 Å². The SMILES string of the molecule is CC/C=C\C/C=C\C/C=C\C/C=C\C/C=C\C/C=C\C/C=C\C/C=C\CCCCCCCCCCCCC(=O)OCC(COP(=O)(O)OCC[N+](C)(C)C)OC(=O)CCCCCCCCCCCC/C=C\C/C=C\C/C=C\C/C=C\C/C=C\C/C=C\C/C=C\C/C=C\CC. The van der Waals surface area contributed by atoms with E-state index in [-0.39, 0.29) is 32.0 Å². The lowest BCUT2D eigenvalue weighted by molar-refractivity contribution is -0.870. The van der Waals surface area contributed by atoms with Crippen LogP contribution in [0.25, 0.3) is 0 Å². The third-order valence-electron chi connectivity index (χ3n) is 15.1. The number of unbranched alkanes of at least 4 members (excludes halogenated alkanes) is 20. The maximum atomic E-state index is 12.9. The average molecular weight is 1320 g/mol. The van der Waals surface area contributed by atoms with E-state index >= 15 is 0 Å². The number of carbonyl (C=O) groups is 2. The lowest BCUT2D eigenvalue weighted by atomic mass is 10.0. The summed E-state index contributed by atoms with van der Waals surface area (Å²) in [4.78, 5) is 35.9. The van der Waals surface area contributed by atoms with Crippen molar-refractivity contribution in [2.45, 2.75) is 277 Å². The fourth-order valence-corrected chi connectivity index (χ4v) is 10.3. The highest BCUT2D eigenvalue weighted by Gasteiger charge is 2.27. The molecular weight excluding hydrogens is 1180 g/mol. The third kappa shape index (κ3) is 75.9. The van der Waals surface area contributed by atoms with Gasteiger partial charge >= 0.3 is 19.8 Å². The van der Waals surface area contributed by atoms with Crippen LogP contribution in [0, 0.1) is 0 Å². The molecule has 0 spiro atoms. The molecule has 9 nitrogen and oxygen atoms in total. The number of esters is 2. The minimum Gasteiger partial charge on any atom is -0.462 e. The molecule has 0 aromatic carbocycles. The van der Waals surface area contributed by atoms with Crippen molar-refractivity contribution in [2.75, 3.05) is 47.5 Å². The lowest BCUT2D eigenvalue weighted by Crippen LogP contribution is -2.37. The lowest BCUT2D eigenvalue weighted by Gasteiger charge is -2.24. The van der Waals surface area contributed by atoms with Crippen molar-refractivity contribution in [3.05, 3.63) is 194 Å². The van der Waals surface area contributed by atoms with E-state index in [1.54, 1.807) is 0 Å². The zero-order valence-electron chi connectivity index (χ0n) is 60.4. The molecule has 2 unspecified atom stereocenters. The fourth-order valence-electron chi connectivity index (χ4n) is 9.52. The number of phosphoric ester groups is 1. The molecule has 0 radical (unpaired) electrons. The van der Waals surface area contributed by atoms with Gasteiger partial charge in [-0.1, -0.05) is 311 Å². The van der Waals surface area contributed by atoms with Gasteiger partial charge in [-0.3, -0.25) is 18.6 Å². The monoisotopic (exact) mass is 1320 g/mol. The van der Waals surface area contributed by atoms with E-state index in [1.165, 1.54) is 77.0 Å². The number of allylic oxidation sites excluding steroid dienone is 32. The van der Waals surface area contributed by atoms with Gasteiger partial charge in [-0.2, -0.15) is 0 Å². The molecular formula is C84H137NO8P+. The van der Waals surface area contributed by atoms with Gasteiger partial charge in [-0.15, -0.1) is 0 Å². The average Bonchev–Trinajstić information content (AvgIpc) is 2.35. The van der Waals surface area contributed by atoms with Crippen LogP contribution in [-0.2, 0) is 32.7 Å². The summed E-state index contributed by atoms with van der Waals surface area (Å²) in [5, 5.41) is 0. The van der Waals surface area contributed by atoms with Crippen LogP contribution in [0.3, 0.4) is 0 Å². The fraction of sp³-hybridized carbons (Fsp3) is 0.595. The number of rotatable bonds is 66. The molecule has 0 aliphatic carbocycles. The van der Waals surface area contributed by atoms with Gasteiger partial charge in [-0.25, -0.2) is 4.57 Å². The van der Waals surface area contributed by atoms with Crippen molar-refractivity contribution in [3.8, 4) is 0 Å². The Balaban J connectivity index is 4.12. The van der Waals surface area contributed by atoms with Crippen LogP contribution in [-0.4, -0.2) is 74.9 Å². The molecule has 94 heavy (non-hydrogen) atoms. The van der Waals surface area contributed by atoms with E-state index in [0.717, 1.165) is 161 Å². The summed E-state index contributed by atoms with van der Waals surface area (Å²) in [5.74, 6) is -0.817. The van der Waals surface area contributed by atoms with Crippen molar-refractivity contribution in [3.63, 3.8) is 0 Å². The molecule has 0 aliphatic heterocycles. The zero-order valence-corrected chi connectivity index (χ0v) is 61.3. The van der Waals surface area contributed by atoms with Crippen LogP contribution in [0.5, 0.6) is 0 Å². The zero-order chi connectivity index (χ0) is 68.3. The van der Waals surface area contributed by atoms with Gasteiger partial charge in [0.15, 0.2) is 6.10 Å². The number of carbonyl (C=O) groups excluding carboxylic acids is 2. The Morgan fingerprint density at radius 1 is 0.330 bits per heavy atom. The normalized spacial score (nSPS) is 14.2. The number of hydrogen-bond acceptors (Lipinski definition) is 7. The number of ether oxygens (including phenoxy) is 2. The first-order chi connectivity index (χ1) is 46.0. The smallest absolute Gasteiger partial charge is 0.462 e. The first-order valence-electron chi connectivity index (χ1n) is 37.2. The van der Waals surface area contributed by atoms with Crippen LogP contribution in [0.1, 0.15) is 271 Å². The number of quaternary nitrogens is 1. The molecule has 0 saturated heterocycles. The van der Waals surface area contributed by atoms with Gasteiger partial charge in [-0.05, 0) is 141 Å². The molecule has 0 heterocycles. The van der Waals surface area contributed by atoms with E-state index in [4.69, 9.17) is 18.5 Å². The Hall–Kier alpha value is -5.15. The summed E-state index contributed by atoms with van der Waals surface area (Å²) in [6.45, 7) is 4.18. The van der Waals surface area contributed by atoms with Crippen LogP contribution >= 0.6 is 7.82 Å². The summed E-state index contributed by atoms with van der Waals surface area (Å²) in [6, 6.07) is 0. The Kier molecular flexibility index (Phi) is 68.2. The third-order valence-corrected chi connectivity index (χ3v) is 16.1. The van der Waals surface area contributed by atoms with Crippen molar-refractivity contribution in [1.82, 2.24) is 0 Å². The summed E-state index contributed by atoms with van der Waals surface area (Å²) < 4.78 is 34.8. The molecule has 2 atom stereocenters. The summed E-state index contributed by atoms with van der Waals surface area (Å²) in [7, 11) is 1.45. The molecule has 0 fully saturated rings. The van der Waals surface area contributed by atoms with Crippen molar-refractivity contribution in [1.29, 1.82) is 0 Å². The molecule has 0 bridgehead atoms. The second kappa shape index (κ2) is 72.1. The molecule has 0 saturated carbocycles. The molecule has 530 valence electrons. The predicted molar refractivity (Wildman–Crippen MR) is 408 cm³/mol. The summed E-state index contributed by atoms with van der Waals surface area (Å²) >= 11 is 0. The molecule has 0 rings (SSSR count). The molecule has 1 N–H and O–H groups in total. The Bertz CT molecular complexity index is 2290. The second-order valence-corrected chi connectivity index (χ2v) is 26.7. The van der Waals surface area contributed by atoms with Gasteiger partial charge in [0.1, 0.15) is 19.8 Å².